The van der Waals surface area contributed by atoms with Crippen molar-refractivity contribution in [3.63, 3.8) is 0 Å². The van der Waals surface area contributed by atoms with E-state index >= 15 is 0 Å². The fourth-order valence-corrected chi connectivity index (χ4v) is 3.49. The van der Waals surface area contributed by atoms with Crippen LogP contribution in [0.15, 0.2) is 17.1 Å². The van der Waals surface area contributed by atoms with Crippen molar-refractivity contribution in [3.8, 4) is 5.75 Å². The van der Waals surface area contributed by atoms with Gasteiger partial charge in [0.05, 0.1) is 13.2 Å². The van der Waals surface area contributed by atoms with Crippen molar-refractivity contribution in [3.05, 3.63) is 29.1 Å². The number of hydrogen-bond acceptors (Lipinski definition) is 4. The number of aliphatic imine (C=N–C) groups is 1. The molecule has 2 aliphatic rings. The second-order valence-corrected chi connectivity index (χ2v) is 6.89. The van der Waals surface area contributed by atoms with Gasteiger partial charge in [-0.3, -0.25) is 9.89 Å². The number of rotatable bonds is 5. The van der Waals surface area contributed by atoms with Gasteiger partial charge in [0.15, 0.2) is 12.8 Å². The van der Waals surface area contributed by atoms with Crippen LogP contribution in [0.3, 0.4) is 0 Å². The highest BCUT2D eigenvalue weighted by atomic mass is 127. The summed E-state index contributed by atoms with van der Waals surface area (Å²) in [5.74, 6) is 0.811. The summed E-state index contributed by atoms with van der Waals surface area (Å²) in [5.41, 5.74) is 1.41. The Morgan fingerprint density at radius 3 is 2.86 bits per heavy atom. The van der Waals surface area contributed by atoms with E-state index in [0.29, 0.717) is 56.4 Å². The summed E-state index contributed by atoms with van der Waals surface area (Å²) in [7, 11) is 1.60. The van der Waals surface area contributed by atoms with Gasteiger partial charge in [0.1, 0.15) is 11.6 Å². The topological polar surface area (TPSA) is 58.1 Å². The molecule has 11 heteroatoms. The van der Waals surface area contributed by atoms with E-state index in [9.17, 15) is 17.6 Å². The molecule has 2 aliphatic heterocycles. The van der Waals surface area contributed by atoms with Gasteiger partial charge in [0.25, 0.3) is 0 Å². The second-order valence-electron chi connectivity index (χ2n) is 6.89. The zero-order valence-corrected chi connectivity index (χ0v) is 18.4. The SMILES string of the molecule is CN=C(NCCc1cc(F)cc2c1OCOC2)NC1CCN(CC(F)(F)F)C1.I. The van der Waals surface area contributed by atoms with Gasteiger partial charge in [-0.25, -0.2) is 4.39 Å². The van der Waals surface area contributed by atoms with Crippen LogP contribution in [0.5, 0.6) is 5.75 Å². The first-order valence-corrected chi connectivity index (χ1v) is 9.12. The van der Waals surface area contributed by atoms with Gasteiger partial charge < -0.3 is 20.1 Å². The number of nitrogens with one attached hydrogen (secondary N) is 2. The molecule has 6 nitrogen and oxygen atoms in total. The largest absolute Gasteiger partial charge is 0.467 e. The molecule has 1 fully saturated rings. The Labute approximate surface area is 184 Å². The standard InChI is InChI=1S/C18H24F4N4O2.HI/c1-23-17(25-15-3-5-26(8-15)10-18(20,21)22)24-4-2-12-6-14(19)7-13-9-27-11-28-16(12)13;/h6-7,15H,2-5,8-11H2,1H3,(H2,23,24,25);1H. The van der Waals surface area contributed by atoms with Gasteiger partial charge in [0.2, 0.25) is 0 Å². The van der Waals surface area contributed by atoms with E-state index in [1.165, 1.54) is 17.0 Å². The minimum Gasteiger partial charge on any atom is -0.467 e. The van der Waals surface area contributed by atoms with E-state index in [4.69, 9.17) is 9.47 Å². The average Bonchev–Trinajstić information content (AvgIpc) is 3.05. The Hall–Kier alpha value is -1.34. The molecule has 1 saturated heterocycles. The van der Waals surface area contributed by atoms with Crippen LogP contribution in [0.25, 0.3) is 0 Å². The third-order valence-corrected chi connectivity index (χ3v) is 4.68. The lowest BCUT2D eigenvalue weighted by atomic mass is 10.1. The molecule has 3 rings (SSSR count). The van der Waals surface area contributed by atoms with Gasteiger partial charge in [-0.05, 0) is 30.5 Å². The van der Waals surface area contributed by atoms with Crippen LogP contribution in [-0.4, -0.2) is 63.1 Å². The summed E-state index contributed by atoms with van der Waals surface area (Å²) in [5, 5.41) is 6.27. The van der Waals surface area contributed by atoms with Crippen molar-refractivity contribution < 1.29 is 27.0 Å². The summed E-state index contributed by atoms with van der Waals surface area (Å²) >= 11 is 0. The second kappa shape index (κ2) is 10.6. The summed E-state index contributed by atoms with van der Waals surface area (Å²) < 4.78 is 61.9. The molecule has 1 unspecified atom stereocenters. The molecule has 29 heavy (non-hydrogen) atoms. The quantitative estimate of drug-likeness (QED) is 0.265. The van der Waals surface area contributed by atoms with Crippen LogP contribution in [-0.2, 0) is 17.8 Å². The molecule has 0 aromatic heterocycles. The number of halogens is 5. The number of nitrogens with zero attached hydrogens (tertiary/aromatic N) is 2. The molecule has 2 heterocycles. The molecular formula is C18H25F4IN4O2. The maximum atomic E-state index is 13.8. The fraction of sp³-hybridized carbons (Fsp3) is 0.611. The minimum atomic E-state index is -4.19. The number of ether oxygens (including phenoxy) is 2. The molecule has 0 aliphatic carbocycles. The molecule has 1 atom stereocenters. The van der Waals surface area contributed by atoms with Crippen LogP contribution < -0.4 is 15.4 Å². The molecule has 1 aromatic rings. The number of fused-ring (bicyclic) bond motifs is 1. The number of hydrogen-bond donors (Lipinski definition) is 2. The Morgan fingerprint density at radius 2 is 2.14 bits per heavy atom. The van der Waals surface area contributed by atoms with Crippen LogP contribution in [0, 0.1) is 5.82 Å². The molecule has 1 aromatic carbocycles. The van der Waals surface area contributed by atoms with Gasteiger partial charge >= 0.3 is 6.18 Å². The molecule has 0 saturated carbocycles. The smallest absolute Gasteiger partial charge is 0.401 e. The van der Waals surface area contributed by atoms with Crippen LogP contribution in [0.4, 0.5) is 17.6 Å². The monoisotopic (exact) mass is 532 g/mol. The zero-order chi connectivity index (χ0) is 20.1. The number of guanidine groups is 1. The summed E-state index contributed by atoms with van der Waals surface area (Å²) in [6, 6.07) is 2.74. The van der Waals surface area contributed by atoms with Gasteiger partial charge in [0, 0.05) is 38.3 Å². The van der Waals surface area contributed by atoms with E-state index in [1.807, 2.05) is 0 Å². The predicted octanol–water partition coefficient (Wildman–Crippen LogP) is 2.65. The van der Waals surface area contributed by atoms with Gasteiger partial charge in [-0.15, -0.1) is 24.0 Å². The van der Waals surface area contributed by atoms with Crippen molar-refractivity contribution in [2.75, 3.05) is 40.0 Å². The highest BCUT2D eigenvalue weighted by molar-refractivity contribution is 14.0. The van der Waals surface area contributed by atoms with E-state index < -0.39 is 12.7 Å². The lowest BCUT2D eigenvalue weighted by molar-refractivity contribution is -0.143. The number of benzene rings is 1. The minimum absolute atomic E-state index is 0. The summed E-state index contributed by atoms with van der Waals surface area (Å²) in [6.07, 6.45) is -3.07. The molecule has 0 radical (unpaired) electrons. The van der Waals surface area contributed by atoms with Crippen molar-refractivity contribution >= 4 is 29.9 Å². The van der Waals surface area contributed by atoms with E-state index in [2.05, 4.69) is 15.6 Å². The zero-order valence-electron chi connectivity index (χ0n) is 16.0. The van der Waals surface area contributed by atoms with Crippen LogP contribution >= 0.6 is 24.0 Å². The predicted molar refractivity (Wildman–Crippen MR) is 111 cm³/mol. The normalized spacial score (nSPS) is 19.9. The van der Waals surface area contributed by atoms with Crippen molar-refractivity contribution in [1.82, 2.24) is 15.5 Å². The molecule has 0 spiro atoms. The number of alkyl halides is 3. The molecule has 164 valence electrons. The molecule has 2 N–H and O–H groups in total. The van der Waals surface area contributed by atoms with Crippen LogP contribution in [0.1, 0.15) is 17.5 Å². The Morgan fingerprint density at radius 1 is 1.34 bits per heavy atom. The average molecular weight is 532 g/mol. The Balaban J connectivity index is 0.00000300. The Kier molecular flexibility index (Phi) is 8.76. The van der Waals surface area contributed by atoms with Crippen molar-refractivity contribution in [2.24, 2.45) is 4.99 Å². The summed E-state index contributed by atoms with van der Waals surface area (Å²) in [6.45, 7) is 0.726. The maximum absolute atomic E-state index is 13.8. The highest BCUT2D eigenvalue weighted by Crippen LogP contribution is 2.29. The number of likely N-dealkylation sites (tertiary alicyclic amines) is 1. The van der Waals surface area contributed by atoms with Gasteiger partial charge in [-0.2, -0.15) is 13.2 Å². The highest BCUT2D eigenvalue weighted by Gasteiger charge is 2.34. The lowest BCUT2D eigenvalue weighted by Gasteiger charge is -2.22. The summed E-state index contributed by atoms with van der Waals surface area (Å²) in [4.78, 5) is 5.49. The third-order valence-electron chi connectivity index (χ3n) is 4.68. The van der Waals surface area contributed by atoms with Crippen molar-refractivity contribution in [1.29, 1.82) is 0 Å². The Bertz CT molecular complexity index is 718. The first-order valence-electron chi connectivity index (χ1n) is 9.12. The van der Waals surface area contributed by atoms with E-state index in [-0.39, 0.29) is 42.6 Å². The fourth-order valence-electron chi connectivity index (χ4n) is 3.49. The first kappa shape index (κ1) is 23.9. The van der Waals surface area contributed by atoms with E-state index in [1.54, 1.807) is 7.05 Å². The lowest BCUT2D eigenvalue weighted by Crippen LogP contribution is -2.45. The third kappa shape index (κ3) is 7.14. The first-order chi connectivity index (χ1) is 13.3. The molecule has 0 amide bonds. The van der Waals surface area contributed by atoms with E-state index in [0.717, 1.165) is 5.56 Å². The van der Waals surface area contributed by atoms with Gasteiger partial charge in [-0.1, -0.05) is 0 Å². The van der Waals surface area contributed by atoms with Crippen LogP contribution in [0.2, 0.25) is 0 Å². The van der Waals surface area contributed by atoms with Crippen molar-refractivity contribution in [2.45, 2.75) is 31.7 Å². The molecule has 0 bridgehead atoms. The molecular weight excluding hydrogens is 507 g/mol. The maximum Gasteiger partial charge on any atom is 0.401 e.